The molecule has 0 amide bonds. The second-order valence-electron chi connectivity index (χ2n) is 11.2. The SMILES string of the molecule is Cc1ccc(-n2c(CCCCc3nnc(SCc4ccc(Br)cc4)n3-c3ccc(C)cc3)nnc2SCc2ccc(Br)cc2)cc1. The molecule has 0 aliphatic carbocycles. The number of thioether (sulfide) groups is 2. The summed E-state index contributed by atoms with van der Waals surface area (Å²) in [6.07, 6.45) is 3.57. The van der Waals surface area contributed by atoms with Gasteiger partial charge in [-0.05, 0) is 86.3 Å². The first-order chi connectivity index (χ1) is 22.4. The Morgan fingerprint density at radius 3 is 1.24 bits per heavy atom. The minimum Gasteiger partial charge on any atom is -0.274 e. The van der Waals surface area contributed by atoms with Gasteiger partial charge in [0.1, 0.15) is 11.6 Å². The van der Waals surface area contributed by atoms with E-state index in [2.05, 4.69) is 172 Å². The van der Waals surface area contributed by atoms with Gasteiger partial charge in [0.15, 0.2) is 10.3 Å². The molecule has 0 spiro atoms. The summed E-state index contributed by atoms with van der Waals surface area (Å²) in [5.41, 5.74) is 7.15. The third kappa shape index (κ3) is 8.39. The molecule has 0 aliphatic heterocycles. The molecule has 234 valence electrons. The minimum atomic E-state index is 0.823. The highest BCUT2D eigenvalue weighted by molar-refractivity contribution is 9.10. The van der Waals surface area contributed by atoms with Gasteiger partial charge in [-0.25, -0.2) is 0 Å². The second kappa shape index (κ2) is 15.6. The quantitative estimate of drug-likeness (QED) is 0.0861. The van der Waals surface area contributed by atoms with Crippen LogP contribution in [0.4, 0.5) is 0 Å². The number of nitrogens with zero attached hydrogens (tertiary/aromatic N) is 6. The summed E-state index contributed by atoms with van der Waals surface area (Å²) < 4.78 is 6.60. The van der Waals surface area contributed by atoms with Crippen molar-refractivity contribution in [1.29, 1.82) is 0 Å². The number of unbranched alkanes of at least 4 members (excludes halogenated alkanes) is 1. The summed E-state index contributed by atoms with van der Waals surface area (Å²) in [5, 5.41) is 20.4. The molecule has 0 saturated carbocycles. The Hall–Kier alpha value is -3.18. The van der Waals surface area contributed by atoms with E-state index < -0.39 is 0 Å². The van der Waals surface area contributed by atoms with Crippen molar-refractivity contribution in [2.75, 3.05) is 0 Å². The highest BCUT2D eigenvalue weighted by Gasteiger charge is 2.17. The Morgan fingerprint density at radius 2 is 0.870 bits per heavy atom. The predicted octanol–water partition coefficient (Wildman–Crippen LogP) is 10.1. The third-order valence-corrected chi connectivity index (χ3v) is 10.7. The fourth-order valence-corrected chi connectivity index (χ4v) is 7.42. The molecule has 2 aromatic heterocycles. The van der Waals surface area contributed by atoms with E-state index in [9.17, 15) is 0 Å². The summed E-state index contributed by atoms with van der Waals surface area (Å²) in [7, 11) is 0. The van der Waals surface area contributed by atoms with E-state index >= 15 is 0 Å². The number of aryl methyl sites for hydroxylation is 4. The zero-order valence-electron chi connectivity index (χ0n) is 25.7. The van der Waals surface area contributed by atoms with Crippen molar-refractivity contribution in [3.63, 3.8) is 0 Å². The molecule has 4 aromatic carbocycles. The summed E-state index contributed by atoms with van der Waals surface area (Å²) in [6.45, 7) is 4.22. The van der Waals surface area contributed by atoms with Crippen LogP contribution in [-0.4, -0.2) is 29.5 Å². The fraction of sp³-hybridized carbons (Fsp3) is 0.222. The summed E-state index contributed by atoms with van der Waals surface area (Å²) in [5.74, 6) is 3.61. The Balaban J connectivity index is 1.16. The van der Waals surface area contributed by atoms with Crippen molar-refractivity contribution in [3.8, 4) is 11.4 Å². The fourth-order valence-electron chi connectivity index (χ4n) is 5.04. The van der Waals surface area contributed by atoms with Crippen LogP contribution in [0.1, 0.15) is 46.7 Å². The number of rotatable bonds is 13. The van der Waals surface area contributed by atoms with E-state index in [0.29, 0.717) is 0 Å². The van der Waals surface area contributed by atoms with E-state index in [-0.39, 0.29) is 0 Å². The lowest BCUT2D eigenvalue weighted by Crippen LogP contribution is -2.05. The van der Waals surface area contributed by atoms with Crippen LogP contribution in [-0.2, 0) is 24.3 Å². The van der Waals surface area contributed by atoms with Gasteiger partial charge in [-0.2, -0.15) is 0 Å². The van der Waals surface area contributed by atoms with Crippen molar-refractivity contribution >= 4 is 55.4 Å². The van der Waals surface area contributed by atoms with Gasteiger partial charge in [0, 0.05) is 44.7 Å². The Labute approximate surface area is 295 Å². The number of aromatic nitrogens is 6. The number of hydrogen-bond donors (Lipinski definition) is 0. The third-order valence-electron chi connectivity index (χ3n) is 7.60. The predicted molar refractivity (Wildman–Crippen MR) is 196 cm³/mol. The maximum atomic E-state index is 4.67. The van der Waals surface area contributed by atoms with Gasteiger partial charge in [0.05, 0.1) is 0 Å². The number of halogens is 2. The number of hydrogen-bond acceptors (Lipinski definition) is 6. The van der Waals surface area contributed by atoms with Crippen LogP contribution >= 0.6 is 55.4 Å². The molecule has 0 atom stereocenters. The average Bonchev–Trinajstić information content (AvgIpc) is 3.67. The van der Waals surface area contributed by atoms with E-state index in [4.69, 9.17) is 0 Å². The summed E-state index contributed by atoms with van der Waals surface area (Å²) in [6, 6.07) is 34.1. The monoisotopic (exact) mass is 772 g/mol. The zero-order chi connectivity index (χ0) is 31.9. The molecule has 6 nitrogen and oxygen atoms in total. The first kappa shape index (κ1) is 32.7. The molecule has 0 saturated heterocycles. The molecule has 0 fully saturated rings. The van der Waals surface area contributed by atoms with Crippen molar-refractivity contribution in [2.45, 2.75) is 61.3 Å². The van der Waals surface area contributed by atoms with Gasteiger partial charge in [-0.15, -0.1) is 20.4 Å². The Morgan fingerprint density at radius 1 is 0.500 bits per heavy atom. The van der Waals surface area contributed by atoms with E-state index in [1.165, 1.54) is 22.3 Å². The molecular weight excluding hydrogens is 740 g/mol. The highest BCUT2D eigenvalue weighted by atomic mass is 79.9. The van der Waals surface area contributed by atoms with Crippen LogP contribution in [0.2, 0.25) is 0 Å². The summed E-state index contributed by atoms with van der Waals surface area (Å²) >= 11 is 10.5. The lowest BCUT2D eigenvalue weighted by molar-refractivity contribution is 0.664. The molecule has 0 N–H and O–H groups in total. The molecular formula is C36H34Br2N6S2. The molecule has 46 heavy (non-hydrogen) atoms. The van der Waals surface area contributed by atoms with E-state index in [0.717, 1.165) is 79.5 Å². The molecule has 10 heteroatoms. The summed E-state index contributed by atoms with van der Waals surface area (Å²) in [4.78, 5) is 0. The minimum absolute atomic E-state index is 0.823. The standard InChI is InChI=1S/C36H34Br2N6S2/c1-25-7-19-31(20-8-25)43-33(39-41-35(43)45-23-27-11-15-29(37)16-12-27)5-3-4-6-34-40-42-36(44(34)32-21-9-26(2)10-22-32)46-24-28-13-17-30(38)18-14-28/h7-22H,3-6,23-24H2,1-2H3. The lowest BCUT2D eigenvalue weighted by Gasteiger charge is -2.12. The van der Waals surface area contributed by atoms with Crippen molar-refractivity contribution in [3.05, 3.63) is 140 Å². The van der Waals surface area contributed by atoms with Crippen molar-refractivity contribution in [2.24, 2.45) is 0 Å². The van der Waals surface area contributed by atoms with E-state index in [1.54, 1.807) is 23.5 Å². The van der Waals surface area contributed by atoms with Gasteiger partial charge >= 0.3 is 0 Å². The van der Waals surface area contributed by atoms with Gasteiger partial charge in [-0.3, -0.25) is 9.13 Å². The topological polar surface area (TPSA) is 61.4 Å². The van der Waals surface area contributed by atoms with Gasteiger partial charge in [0.2, 0.25) is 0 Å². The van der Waals surface area contributed by atoms with Crippen LogP contribution in [0, 0.1) is 13.8 Å². The Bertz CT molecular complexity index is 1730. The average molecular weight is 775 g/mol. The van der Waals surface area contributed by atoms with Crippen LogP contribution < -0.4 is 0 Å². The van der Waals surface area contributed by atoms with Gasteiger partial charge < -0.3 is 0 Å². The highest BCUT2D eigenvalue weighted by Crippen LogP contribution is 2.29. The van der Waals surface area contributed by atoms with Crippen LogP contribution in [0.3, 0.4) is 0 Å². The molecule has 6 rings (SSSR count). The van der Waals surface area contributed by atoms with Crippen LogP contribution in [0.5, 0.6) is 0 Å². The molecule has 2 heterocycles. The van der Waals surface area contributed by atoms with Crippen LogP contribution in [0.25, 0.3) is 11.4 Å². The van der Waals surface area contributed by atoms with Gasteiger partial charge in [-0.1, -0.05) is 115 Å². The molecule has 0 aliphatic rings. The Kier molecular flexibility index (Phi) is 11.1. The zero-order valence-corrected chi connectivity index (χ0v) is 30.5. The number of benzene rings is 4. The first-order valence-corrected chi connectivity index (χ1v) is 18.8. The molecule has 0 unspecified atom stereocenters. The maximum absolute atomic E-state index is 4.67. The van der Waals surface area contributed by atoms with Crippen molar-refractivity contribution < 1.29 is 0 Å². The van der Waals surface area contributed by atoms with Gasteiger partial charge in [0.25, 0.3) is 0 Å². The smallest absolute Gasteiger partial charge is 0.196 e. The normalized spacial score (nSPS) is 11.3. The van der Waals surface area contributed by atoms with E-state index in [1.807, 2.05) is 0 Å². The lowest BCUT2D eigenvalue weighted by atomic mass is 10.1. The first-order valence-electron chi connectivity index (χ1n) is 15.2. The molecule has 0 radical (unpaired) electrons. The largest absolute Gasteiger partial charge is 0.274 e. The second-order valence-corrected chi connectivity index (χ2v) is 14.9. The maximum Gasteiger partial charge on any atom is 0.196 e. The van der Waals surface area contributed by atoms with Crippen LogP contribution in [0.15, 0.2) is 116 Å². The molecule has 6 aromatic rings. The van der Waals surface area contributed by atoms with Crippen molar-refractivity contribution in [1.82, 2.24) is 29.5 Å². The molecule has 0 bridgehead atoms.